The maximum Gasteiger partial charge on any atom is 0.407 e. The van der Waals surface area contributed by atoms with Gasteiger partial charge in [-0.2, -0.15) is 0 Å². The van der Waals surface area contributed by atoms with Crippen LogP contribution in [0.2, 0.25) is 0 Å². The third kappa shape index (κ3) is 5.98. The van der Waals surface area contributed by atoms with Gasteiger partial charge in [0.25, 0.3) is 0 Å². The van der Waals surface area contributed by atoms with Crippen molar-refractivity contribution in [2.24, 2.45) is 0 Å². The highest BCUT2D eigenvalue weighted by Crippen LogP contribution is 2.12. The maximum absolute atomic E-state index is 11.9. The second kappa shape index (κ2) is 9.07. The van der Waals surface area contributed by atoms with E-state index in [-0.39, 0.29) is 13.2 Å². The Bertz CT molecular complexity index is 719. The molecule has 3 N–H and O–H groups in total. The predicted molar refractivity (Wildman–Crippen MR) is 89.6 cm³/mol. The monoisotopic (exact) mass is 342 g/mol. The van der Waals surface area contributed by atoms with Crippen molar-refractivity contribution in [2.75, 3.05) is 6.54 Å². The number of hydrogen-bond acceptors (Lipinski definition) is 4. The number of carboxylic acids is 1. The molecule has 0 saturated heterocycles. The summed E-state index contributed by atoms with van der Waals surface area (Å²) in [5, 5.41) is 13.9. The molecule has 0 radical (unpaired) electrons. The first-order valence-corrected chi connectivity index (χ1v) is 7.58. The molecule has 0 aliphatic carbocycles. The number of hydrogen-bond donors (Lipinski definition) is 3. The molecule has 2 amide bonds. The van der Waals surface area contributed by atoms with Gasteiger partial charge in [-0.05, 0) is 11.1 Å². The molecule has 7 nitrogen and oxygen atoms in total. The van der Waals surface area contributed by atoms with Crippen molar-refractivity contribution in [2.45, 2.75) is 12.6 Å². The molecular weight excluding hydrogens is 324 g/mol. The Morgan fingerprint density at radius 3 is 2.16 bits per heavy atom. The van der Waals surface area contributed by atoms with Gasteiger partial charge in [-0.15, -0.1) is 0 Å². The van der Waals surface area contributed by atoms with Crippen LogP contribution in [0.3, 0.4) is 0 Å². The molecule has 2 rings (SSSR count). The number of alkyl carbamates (subject to hydrolysis) is 1. The largest absolute Gasteiger partial charge is 0.479 e. The fourth-order valence-corrected chi connectivity index (χ4v) is 2.07. The first kappa shape index (κ1) is 18.0. The molecule has 2 aromatic rings. The Hall–Kier alpha value is -3.35. The van der Waals surface area contributed by atoms with Crippen LogP contribution in [0.25, 0.3) is 0 Å². The van der Waals surface area contributed by atoms with Crippen LogP contribution in [0.5, 0.6) is 0 Å². The van der Waals surface area contributed by atoms with Gasteiger partial charge < -0.3 is 20.5 Å². The minimum Gasteiger partial charge on any atom is -0.479 e. The molecule has 25 heavy (non-hydrogen) atoms. The summed E-state index contributed by atoms with van der Waals surface area (Å²) in [6.07, 6.45) is -0.759. The number of nitrogens with one attached hydrogen (secondary N) is 2. The van der Waals surface area contributed by atoms with Crippen molar-refractivity contribution in [3.63, 3.8) is 0 Å². The van der Waals surface area contributed by atoms with Crippen LogP contribution in [-0.2, 0) is 20.9 Å². The molecule has 0 unspecified atom stereocenters. The molecule has 0 fully saturated rings. The molecule has 0 bridgehead atoms. The van der Waals surface area contributed by atoms with E-state index in [9.17, 15) is 19.5 Å². The molecule has 0 saturated carbocycles. The Balaban J connectivity index is 1.79. The molecule has 0 aromatic heterocycles. The lowest BCUT2D eigenvalue weighted by Gasteiger charge is -2.15. The van der Waals surface area contributed by atoms with Crippen LogP contribution in [-0.4, -0.2) is 29.6 Å². The summed E-state index contributed by atoms with van der Waals surface area (Å²) in [5.41, 5.74) is 1.26. The van der Waals surface area contributed by atoms with E-state index in [0.717, 1.165) is 5.56 Å². The van der Waals surface area contributed by atoms with E-state index in [1.165, 1.54) is 0 Å². The average Bonchev–Trinajstić information content (AvgIpc) is 2.64. The molecular formula is C18H18N2O5. The molecule has 2 aromatic carbocycles. The second-order valence-corrected chi connectivity index (χ2v) is 5.16. The zero-order valence-corrected chi connectivity index (χ0v) is 13.3. The SMILES string of the molecule is O=C(CNC(=O)OCc1ccccc1)N[C@@H](C(=O)O)c1ccccc1. The minimum atomic E-state index is -1.19. The van der Waals surface area contributed by atoms with Gasteiger partial charge in [-0.25, -0.2) is 9.59 Å². The van der Waals surface area contributed by atoms with E-state index in [0.29, 0.717) is 5.56 Å². The fourth-order valence-electron chi connectivity index (χ4n) is 2.07. The molecule has 1 atom stereocenters. The number of carboxylic acid groups (broad SMARTS) is 1. The van der Waals surface area contributed by atoms with Gasteiger partial charge in [0.2, 0.25) is 5.91 Å². The van der Waals surface area contributed by atoms with Crippen LogP contribution < -0.4 is 10.6 Å². The quantitative estimate of drug-likeness (QED) is 0.712. The smallest absolute Gasteiger partial charge is 0.407 e. The van der Waals surface area contributed by atoms with Crippen LogP contribution in [0.1, 0.15) is 17.2 Å². The highest BCUT2D eigenvalue weighted by Gasteiger charge is 2.21. The summed E-state index contributed by atoms with van der Waals surface area (Å²) in [6.45, 7) is -0.305. The normalized spacial score (nSPS) is 11.2. The Morgan fingerprint density at radius 1 is 0.960 bits per heavy atom. The van der Waals surface area contributed by atoms with Gasteiger partial charge in [0.1, 0.15) is 13.2 Å². The third-order valence-electron chi connectivity index (χ3n) is 3.29. The van der Waals surface area contributed by atoms with Crippen molar-refractivity contribution < 1.29 is 24.2 Å². The number of amides is 2. The minimum absolute atomic E-state index is 0.0794. The Kier molecular flexibility index (Phi) is 6.53. The third-order valence-corrected chi connectivity index (χ3v) is 3.29. The zero-order chi connectivity index (χ0) is 18.1. The summed E-state index contributed by atoms with van der Waals surface area (Å²) in [4.78, 5) is 34.8. The highest BCUT2D eigenvalue weighted by atomic mass is 16.5. The summed E-state index contributed by atoms with van der Waals surface area (Å²) in [5.74, 6) is -1.82. The molecule has 7 heteroatoms. The van der Waals surface area contributed by atoms with Gasteiger partial charge in [-0.1, -0.05) is 60.7 Å². The van der Waals surface area contributed by atoms with Crippen molar-refractivity contribution in [1.29, 1.82) is 0 Å². The van der Waals surface area contributed by atoms with Crippen molar-refractivity contribution >= 4 is 18.0 Å². The van der Waals surface area contributed by atoms with Crippen LogP contribution in [0.15, 0.2) is 60.7 Å². The van der Waals surface area contributed by atoms with E-state index in [2.05, 4.69) is 10.6 Å². The van der Waals surface area contributed by atoms with Gasteiger partial charge in [0, 0.05) is 0 Å². The number of carbonyl (C=O) groups is 3. The summed E-state index contributed by atoms with van der Waals surface area (Å²) in [7, 11) is 0. The van der Waals surface area contributed by atoms with E-state index in [4.69, 9.17) is 4.74 Å². The molecule has 0 heterocycles. The van der Waals surface area contributed by atoms with Crippen molar-refractivity contribution in [3.05, 3.63) is 71.8 Å². The molecule has 130 valence electrons. The highest BCUT2D eigenvalue weighted by molar-refractivity contribution is 5.87. The lowest BCUT2D eigenvalue weighted by molar-refractivity contribution is -0.141. The summed E-state index contributed by atoms with van der Waals surface area (Å²) >= 11 is 0. The zero-order valence-electron chi connectivity index (χ0n) is 13.3. The van der Waals surface area contributed by atoms with Gasteiger partial charge in [0.05, 0.1) is 0 Å². The topological polar surface area (TPSA) is 105 Å². The molecule has 0 aliphatic heterocycles. The van der Waals surface area contributed by atoms with Crippen molar-refractivity contribution in [1.82, 2.24) is 10.6 Å². The average molecular weight is 342 g/mol. The van der Waals surface area contributed by atoms with Gasteiger partial charge >= 0.3 is 12.1 Å². The number of carbonyl (C=O) groups excluding carboxylic acids is 2. The Morgan fingerprint density at radius 2 is 1.56 bits per heavy atom. The Labute approximate surface area is 144 Å². The standard InChI is InChI=1S/C18H18N2O5/c21-15(20-16(17(22)23)14-9-5-2-6-10-14)11-19-18(24)25-12-13-7-3-1-4-8-13/h1-10,16H,11-12H2,(H,19,24)(H,20,21)(H,22,23)/t16-/m1/s1. The second-order valence-electron chi connectivity index (χ2n) is 5.16. The molecule has 0 spiro atoms. The first-order chi connectivity index (χ1) is 12.1. The van der Waals surface area contributed by atoms with E-state index >= 15 is 0 Å². The lowest BCUT2D eigenvalue weighted by atomic mass is 10.1. The van der Waals surface area contributed by atoms with Crippen LogP contribution in [0, 0.1) is 0 Å². The number of ether oxygens (including phenoxy) is 1. The molecule has 0 aliphatic rings. The summed E-state index contributed by atoms with van der Waals surface area (Å²) < 4.78 is 4.97. The van der Waals surface area contributed by atoms with Crippen LogP contribution >= 0.6 is 0 Å². The van der Waals surface area contributed by atoms with Crippen LogP contribution in [0.4, 0.5) is 4.79 Å². The van der Waals surface area contributed by atoms with Gasteiger partial charge in [-0.3, -0.25) is 4.79 Å². The fraction of sp³-hybridized carbons (Fsp3) is 0.167. The van der Waals surface area contributed by atoms with E-state index in [1.807, 2.05) is 18.2 Å². The number of benzene rings is 2. The van der Waals surface area contributed by atoms with E-state index < -0.39 is 24.0 Å². The van der Waals surface area contributed by atoms with Crippen molar-refractivity contribution in [3.8, 4) is 0 Å². The number of aliphatic carboxylic acids is 1. The predicted octanol–water partition coefficient (Wildman–Crippen LogP) is 1.85. The van der Waals surface area contributed by atoms with E-state index in [1.54, 1.807) is 42.5 Å². The maximum atomic E-state index is 11.9. The van der Waals surface area contributed by atoms with Gasteiger partial charge in [0.15, 0.2) is 6.04 Å². The number of rotatable bonds is 7. The first-order valence-electron chi connectivity index (χ1n) is 7.58. The lowest BCUT2D eigenvalue weighted by Crippen LogP contribution is -2.41. The summed E-state index contributed by atoms with van der Waals surface area (Å²) in [6, 6.07) is 16.2.